The average Bonchev–Trinajstić information content (AvgIpc) is 2.87. The zero-order chi connectivity index (χ0) is 15.1. The number of hydrogen-bond acceptors (Lipinski definition) is 4. The van der Waals surface area contributed by atoms with Gasteiger partial charge in [-0.25, -0.2) is 9.97 Å². The minimum absolute atomic E-state index is 0.611. The summed E-state index contributed by atoms with van der Waals surface area (Å²) in [5.41, 5.74) is 3.01. The van der Waals surface area contributed by atoms with Gasteiger partial charge in [0, 0.05) is 20.6 Å². The SMILES string of the molecule is Clc1cccc(Nc2ncnc3c2oc2ccc(Br)cc23)c1. The van der Waals surface area contributed by atoms with Gasteiger partial charge in [0.15, 0.2) is 11.4 Å². The van der Waals surface area contributed by atoms with Crippen LogP contribution in [-0.4, -0.2) is 9.97 Å². The van der Waals surface area contributed by atoms with Crippen LogP contribution >= 0.6 is 27.5 Å². The normalized spacial score (nSPS) is 11.2. The Morgan fingerprint density at radius 1 is 1.09 bits per heavy atom. The number of nitrogens with zero attached hydrogens (tertiary/aromatic N) is 2. The minimum atomic E-state index is 0.611. The first-order valence-corrected chi connectivity index (χ1v) is 7.73. The van der Waals surface area contributed by atoms with Crippen LogP contribution in [-0.2, 0) is 0 Å². The highest BCUT2D eigenvalue weighted by molar-refractivity contribution is 9.10. The maximum atomic E-state index is 6.01. The molecule has 0 saturated carbocycles. The van der Waals surface area contributed by atoms with E-state index in [4.69, 9.17) is 16.0 Å². The third-order valence-electron chi connectivity index (χ3n) is 3.30. The van der Waals surface area contributed by atoms with Crippen LogP contribution in [0.15, 0.2) is 57.7 Å². The molecule has 2 heterocycles. The molecular weight excluding hydrogens is 366 g/mol. The van der Waals surface area contributed by atoms with Crippen molar-refractivity contribution in [1.29, 1.82) is 0 Å². The molecule has 22 heavy (non-hydrogen) atoms. The number of nitrogens with one attached hydrogen (secondary N) is 1. The van der Waals surface area contributed by atoms with Crippen molar-refractivity contribution < 1.29 is 4.42 Å². The fourth-order valence-corrected chi connectivity index (χ4v) is 2.89. The molecule has 2 aromatic heterocycles. The third kappa shape index (κ3) is 2.32. The molecule has 0 aliphatic carbocycles. The summed E-state index contributed by atoms with van der Waals surface area (Å²) in [5.74, 6) is 0.611. The van der Waals surface area contributed by atoms with Crippen molar-refractivity contribution in [1.82, 2.24) is 9.97 Å². The van der Waals surface area contributed by atoms with Gasteiger partial charge in [-0.1, -0.05) is 33.6 Å². The molecule has 0 bridgehead atoms. The summed E-state index contributed by atoms with van der Waals surface area (Å²) in [6.45, 7) is 0. The predicted octanol–water partition coefficient (Wildman–Crippen LogP) is 5.54. The van der Waals surface area contributed by atoms with Crippen LogP contribution in [0, 0.1) is 0 Å². The molecule has 4 aromatic rings. The van der Waals surface area contributed by atoms with Gasteiger partial charge >= 0.3 is 0 Å². The van der Waals surface area contributed by atoms with E-state index in [1.807, 2.05) is 42.5 Å². The summed E-state index contributed by atoms with van der Waals surface area (Å²) in [5, 5.41) is 4.82. The molecule has 108 valence electrons. The molecular formula is C16H9BrClN3O. The molecule has 0 aliphatic rings. The number of halogens is 2. The summed E-state index contributed by atoms with van der Waals surface area (Å²) in [6, 6.07) is 13.3. The molecule has 2 aromatic carbocycles. The Kier molecular flexibility index (Phi) is 3.24. The summed E-state index contributed by atoms with van der Waals surface area (Å²) in [7, 11) is 0. The lowest BCUT2D eigenvalue weighted by Gasteiger charge is -2.05. The summed E-state index contributed by atoms with van der Waals surface area (Å²) >= 11 is 9.48. The lowest BCUT2D eigenvalue weighted by Crippen LogP contribution is -1.94. The Bertz CT molecular complexity index is 999. The van der Waals surface area contributed by atoms with Gasteiger partial charge in [-0.05, 0) is 36.4 Å². The maximum absolute atomic E-state index is 6.01. The zero-order valence-electron chi connectivity index (χ0n) is 11.2. The van der Waals surface area contributed by atoms with Crippen LogP contribution in [0.25, 0.3) is 22.1 Å². The Hall–Kier alpha value is -2.11. The molecule has 4 nitrogen and oxygen atoms in total. The van der Waals surface area contributed by atoms with Crippen LogP contribution in [0.5, 0.6) is 0 Å². The van der Waals surface area contributed by atoms with Gasteiger partial charge in [-0.15, -0.1) is 0 Å². The summed E-state index contributed by atoms with van der Waals surface area (Å²) < 4.78 is 6.88. The fourth-order valence-electron chi connectivity index (χ4n) is 2.34. The van der Waals surface area contributed by atoms with E-state index in [0.717, 1.165) is 26.6 Å². The van der Waals surface area contributed by atoms with E-state index in [0.29, 0.717) is 16.4 Å². The van der Waals surface area contributed by atoms with Crippen LogP contribution in [0.4, 0.5) is 11.5 Å². The van der Waals surface area contributed by atoms with Crippen molar-refractivity contribution in [3.05, 3.63) is 58.3 Å². The molecule has 0 fully saturated rings. The lowest BCUT2D eigenvalue weighted by molar-refractivity contribution is 0.667. The van der Waals surface area contributed by atoms with Crippen LogP contribution in [0.2, 0.25) is 5.02 Å². The van der Waals surface area contributed by atoms with E-state index in [9.17, 15) is 0 Å². The zero-order valence-corrected chi connectivity index (χ0v) is 13.5. The van der Waals surface area contributed by atoms with Gasteiger partial charge in [0.1, 0.15) is 17.4 Å². The van der Waals surface area contributed by atoms with E-state index < -0.39 is 0 Å². The number of furan rings is 1. The van der Waals surface area contributed by atoms with Crippen molar-refractivity contribution >= 4 is 61.1 Å². The number of fused-ring (bicyclic) bond motifs is 3. The largest absolute Gasteiger partial charge is 0.450 e. The second-order valence-corrected chi connectivity index (χ2v) is 6.13. The van der Waals surface area contributed by atoms with Crippen molar-refractivity contribution in [2.24, 2.45) is 0 Å². The first-order valence-electron chi connectivity index (χ1n) is 6.56. The van der Waals surface area contributed by atoms with Crippen LogP contribution in [0.3, 0.4) is 0 Å². The fraction of sp³-hybridized carbons (Fsp3) is 0. The Morgan fingerprint density at radius 2 is 2.00 bits per heavy atom. The number of hydrogen-bond donors (Lipinski definition) is 1. The molecule has 0 amide bonds. The number of rotatable bonds is 2. The predicted molar refractivity (Wildman–Crippen MR) is 91.7 cm³/mol. The van der Waals surface area contributed by atoms with Gasteiger partial charge in [-0.2, -0.15) is 0 Å². The topological polar surface area (TPSA) is 51.0 Å². The van der Waals surface area contributed by atoms with Crippen molar-refractivity contribution in [2.75, 3.05) is 5.32 Å². The van der Waals surface area contributed by atoms with E-state index in [1.165, 1.54) is 6.33 Å². The lowest BCUT2D eigenvalue weighted by atomic mass is 10.2. The van der Waals surface area contributed by atoms with Crippen molar-refractivity contribution in [2.45, 2.75) is 0 Å². The highest BCUT2D eigenvalue weighted by Gasteiger charge is 2.13. The molecule has 0 aliphatic heterocycles. The molecule has 0 spiro atoms. The Balaban J connectivity index is 1.89. The van der Waals surface area contributed by atoms with Crippen LogP contribution < -0.4 is 5.32 Å². The Morgan fingerprint density at radius 3 is 2.86 bits per heavy atom. The van der Waals surface area contributed by atoms with Crippen molar-refractivity contribution in [3.8, 4) is 0 Å². The maximum Gasteiger partial charge on any atom is 0.196 e. The van der Waals surface area contributed by atoms with Gasteiger partial charge in [-0.3, -0.25) is 0 Å². The quantitative estimate of drug-likeness (QED) is 0.501. The number of anilines is 2. The van der Waals surface area contributed by atoms with E-state index in [-0.39, 0.29) is 0 Å². The molecule has 0 radical (unpaired) electrons. The molecule has 0 unspecified atom stereocenters. The minimum Gasteiger partial charge on any atom is -0.450 e. The van der Waals surface area contributed by atoms with Gasteiger partial charge in [0.2, 0.25) is 0 Å². The average molecular weight is 375 g/mol. The van der Waals surface area contributed by atoms with Gasteiger partial charge in [0.05, 0.1) is 0 Å². The first-order chi connectivity index (χ1) is 10.7. The third-order valence-corrected chi connectivity index (χ3v) is 4.03. The smallest absolute Gasteiger partial charge is 0.196 e. The summed E-state index contributed by atoms with van der Waals surface area (Å²) in [6.07, 6.45) is 1.52. The molecule has 6 heteroatoms. The number of benzene rings is 2. The second kappa shape index (κ2) is 5.26. The van der Waals surface area contributed by atoms with E-state index in [2.05, 4.69) is 31.2 Å². The van der Waals surface area contributed by atoms with Gasteiger partial charge < -0.3 is 9.73 Å². The molecule has 1 N–H and O–H groups in total. The monoisotopic (exact) mass is 373 g/mol. The second-order valence-electron chi connectivity index (χ2n) is 4.78. The van der Waals surface area contributed by atoms with Crippen LogP contribution in [0.1, 0.15) is 0 Å². The Labute approximate surface area is 139 Å². The van der Waals surface area contributed by atoms with E-state index >= 15 is 0 Å². The molecule has 0 atom stereocenters. The molecule has 0 saturated heterocycles. The first kappa shape index (κ1) is 13.5. The van der Waals surface area contributed by atoms with E-state index in [1.54, 1.807) is 0 Å². The summed E-state index contributed by atoms with van der Waals surface area (Å²) in [4.78, 5) is 8.62. The highest BCUT2D eigenvalue weighted by Crippen LogP contribution is 2.33. The van der Waals surface area contributed by atoms with Gasteiger partial charge in [0.25, 0.3) is 0 Å². The highest BCUT2D eigenvalue weighted by atomic mass is 79.9. The number of aromatic nitrogens is 2. The standard InChI is InChI=1S/C16H9BrClN3O/c17-9-4-5-13-12(6-9)14-15(22-13)16(20-8-19-14)21-11-3-1-2-10(18)7-11/h1-8H,(H,19,20,21). The van der Waals surface area contributed by atoms with Crippen molar-refractivity contribution in [3.63, 3.8) is 0 Å². The molecule has 4 rings (SSSR count).